The van der Waals surface area contributed by atoms with Gasteiger partial charge in [0.2, 0.25) is 0 Å². The van der Waals surface area contributed by atoms with Crippen LogP contribution in [0.3, 0.4) is 0 Å². The molecule has 0 spiro atoms. The molecule has 0 saturated carbocycles. The SMILES string of the molecule is Br.C1=CN(CCCCCc2ccc(-c3ccccc3)cc2)Cc2ccccc21. The van der Waals surface area contributed by atoms with Gasteiger partial charge in [-0.1, -0.05) is 85.3 Å². The lowest BCUT2D eigenvalue weighted by Gasteiger charge is -2.25. The first kappa shape index (κ1) is 20.4. The zero-order valence-corrected chi connectivity index (χ0v) is 18.0. The zero-order valence-electron chi connectivity index (χ0n) is 16.3. The molecule has 3 aromatic carbocycles. The summed E-state index contributed by atoms with van der Waals surface area (Å²) in [4.78, 5) is 2.44. The van der Waals surface area contributed by atoms with Crippen molar-refractivity contribution in [1.82, 2.24) is 4.90 Å². The molecule has 4 rings (SSSR count). The average molecular weight is 434 g/mol. The highest BCUT2D eigenvalue weighted by Crippen LogP contribution is 2.21. The van der Waals surface area contributed by atoms with Crippen LogP contribution in [-0.4, -0.2) is 11.4 Å². The summed E-state index contributed by atoms with van der Waals surface area (Å²) in [6, 6.07) is 28.4. The number of fused-ring (bicyclic) bond motifs is 1. The van der Waals surface area contributed by atoms with Gasteiger partial charge in [-0.2, -0.15) is 0 Å². The molecule has 0 saturated heterocycles. The van der Waals surface area contributed by atoms with E-state index in [-0.39, 0.29) is 17.0 Å². The molecular weight excluding hydrogens is 406 g/mol. The quantitative estimate of drug-likeness (QED) is 0.358. The summed E-state index contributed by atoms with van der Waals surface area (Å²) >= 11 is 0. The summed E-state index contributed by atoms with van der Waals surface area (Å²) in [5, 5.41) is 0. The summed E-state index contributed by atoms with van der Waals surface area (Å²) in [7, 11) is 0. The van der Waals surface area contributed by atoms with Gasteiger partial charge in [0.1, 0.15) is 0 Å². The second-order valence-electron chi connectivity index (χ2n) is 7.36. The largest absolute Gasteiger partial charge is 0.373 e. The first-order valence-corrected chi connectivity index (χ1v) is 10.0. The van der Waals surface area contributed by atoms with E-state index in [1.165, 1.54) is 53.5 Å². The Morgan fingerprint density at radius 3 is 2.21 bits per heavy atom. The van der Waals surface area contributed by atoms with Crippen LogP contribution < -0.4 is 0 Å². The Kier molecular flexibility index (Phi) is 7.50. The van der Waals surface area contributed by atoms with Crippen molar-refractivity contribution in [2.24, 2.45) is 0 Å². The number of halogens is 1. The molecule has 1 heterocycles. The van der Waals surface area contributed by atoms with E-state index < -0.39 is 0 Å². The molecule has 1 aliphatic heterocycles. The van der Waals surface area contributed by atoms with Gasteiger partial charge < -0.3 is 4.90 Å². The third-order valence-corrected chi connectivity index (χ3v) is 5.37. The van der Waals surface area contributed by atoms with Crippen LogP contribution in [0, 0.1) is 0 Å². The van der Waals surface area contributed by atoms with Gasteiger partial charge in [-0.05, 0) is 59.4 Å². The Hall–Kier alpha value is -2.32. The van der Waals surface area contributed by atoms with Gasteiger partial charge in [-0.3, -0.25) is 0 Å². The molecule has 0 N–H and O–H groups in total. The number of benzene rings is 3. The molecule has 0 fully saturated rings. The van der Waals surface area contributed by atoms with E-state index in [2.05, 4.69) is 96.0 Å². The highest BCUT2D eigenvalue weighted by Gasteiger charge is 2.09. The number of rotatable bonds is 7. The minimum Gasteiger partial charge on any atom is -0.373 e. The molecule has 28 heavy (non-hydrogen) atoms. The van der Waals surface area contributed by atoms with Gasteiger partial charge in [-0.25, -0.2) is 0 Å². The second kappa shape index (κ2) is 10.3. The van der Waals surface area contributed by atoms with Crippen molar-refractivity contribution in [3.05, 3.63) is 102 Å². The molecule has 1 aliphatic rings. The maximum Gasteiger partial charge on any atom is 0.0429 e. The number of nitrogens with zero attached hydrogens (tertiary/aromatic N) is 1. The molecule has 1 nitrogen and oxygen atoms in total. The van der Waals surface area contributed by atoms with Crippen molar-refractivity contribution >= 4 is 23.1 Å². The van der Waals surface area contributed by atoms with Gasteiger partial charge in [0.05, 0.1) is 0 Å². The molecule has 0 aromatic heterocycles. The lowest BCUT2D eigenvalue weighted by Crippen LogP contribution is -2.21. The minimum absolute atomic E-state index is 0. The molecule has 144 valence electrons. The monoisotopic (exact) mass is 433 g/mol. The lowest BCUT2D eigenvalue weighted by molar-refractivity contribution is 0.354. The van der Waals surface area contributed by atoms with E-state index >= 15 is 0 Å². The number of aryl methyl sites for hydroxylation is 1. The van der Waals surface area contributed by atoms with Crippen molar-refractivity contribution < 1.29 is 0 Å². The standard InChI is InChI=1S/C26H27N.BrH/c1-4-10-23(11-5-1)25-16-14-22(15-17-25)9-3-2-8-19-27-20-18-24-12-6-7-13-26(24)21-27;/h1,4-7,10-18,20H,2-3,8-9,19,21H2;1H. The average Bonchev–Trinajstić information content (AvgIpc) is 2.74. The van der Waals surface area contributed by atoms with E-state index in [0.29, 0.717) is 0 Å². The predicted molar refractivity (Wildman–Crippen MR) is 126 cm³/mol. The molecule has 3 aromatic rings. The van der Waals surface area contributed by atoms with Crippen LogP contribution in [0.1, 0.15) is 36.0 Å². The van der Waals surface area contributed by atoms with Crippen LogP contribution in [0.2, 0.25) is 0 Å². The van der Waals surface area contributed by atoms with Crippen LogP contribution in [0.15, 0.2) is 85.1 Å². The summed E-state index contributed by atoms with van der Waals surface area (Å²) < 4.78 is 0. The maximum absolute atomic E-state index is 2.44. The minimum atomic E-state index is 0. The molecule has 0 atom stereocenters. The van der Waals surface area contributed by atoms with Crippen LogP contribution in [-0.2, 0) is 13.0 Å². The summed E-state index contributed by atoms with van der Waals surface area (Å²) in [6.45, 7) is 2.20. The van der Waals surface area contributed by atoms with E-state index in [1.54, 1.807) is 0 Å². The summed E-state index contributed by atoms with van der Waals surface area (Å²) in [6.07, 6.45) is 9.48. The highest BCUT2D eigenvalue weighted by molar-refractivity contribution is 8.93. The molecule has 0 unspecified atom stereocenters. The number of hydrogen-bond acceptors (Lipinski definition) is 1. The van der Waals surface area contributed by atoms with Crippen LogP contribution in [0.4, 0.5) is 0 Å². The third-order valence-electron chi connectivity index (χ3n) is 5.37. The Morgan fingerprint density at radius 2 is 1.39 bits per heavy atom. The van der Waals surface area contributed by atoms with E-state index in [4.69, 9.17) is 0 Å². The first-order chi connectivity index (χ1) is 13.4. The molecule has 0 bridgehead atoms. The normalized spacial score (nSPS) is 12.4. The van der Waals surface area contributed by atoms with Crippen molar-refractivity contribution in [3.8, 4) is 11.1 Å². The Balaban J connectivity index is 0.00000225. The molecular formula is C26H28BrN. The highest BCUT2D eigenvalue weighted by atomic mass is 79.9. The van der Waals surface area contributed by atoms with Gasteiger partial charge in [0, 0.05) is 13.1 Å². The van der Waals surface area contributed by atoms with E-state index in [1.807, 2.05) is 0 Å². The first-order valence-electron chi connectivity index (χ1n) is 10.0. The molecule has 0 radical (unpaired) electrons. The number of hydrogen-bond donors (Lipinski definition) is 0. The van der Waals surface area contributed by atoms with Crippen molar-refractivity contribution in [2.75, 3.05) is 6.54 Å². The number of unbranched alkanes of at least 4 members (excludes halogenated alkanes) is 2. The van der Waals surface area contributed by atoms with Crippen molar-refractivity contribution in [2.45, 2.75) is 32.2 Å². The zero-order chi connectivity index (χ0) is 18.3. The summed E-state index contributed by atoms with van der Waals surface area (Å²) in [5.74, 6) is 0. The van der Waals surface area contributed by atoms with Gasteiger partial charge >= 0.3 is 0 Å². The lowest BCUT2D eigenvalue weighted by atomic mass is 10.0. The molecule has 2 heteroatoms. The Bertz CT molecular complexity index is 884. The Morgan fingerprint density at radius 1 is 0.679 bits per heavy atom. The van der Waals surface area contributed by atoms with E-state index in [0.717, 1.165) is 13.1 Å². The fourth-order valence-electron chi connectivity index (χ4n) is 3.77. The van der Waals surface area contributed by atoms with Gasteiger partial charge in [-0.15, -0.1) is 17.0 Å². The van der Waals surface area contributed by atoms with Crippen LogP contribution >= 0.6 is 17.0 Å². The molecule has 0 amide bonds. The predicted octanol–water partition coefficient (Wildman–Crippen LogP) is 7.13. The van der Waals surface area contributed by atoms with Crippen molar-refractivity contribution in [1.29, 1.82) is 0 Å². The van der Waals surface area contributed by atoms with E-state index in [9.17, 15) is 0 Å². The fraction of sp³-hybridized carbons (Fsp3) is 0.231. The van der Waals surface area contributed by atoms with Crippen molar-refractivity contribution in [3.63, 3.8) is 0 Å². The van der Waals surface area contributed by atoms with Gasteiger partial charge in [0.25, 0.3) is 0 Å². The van der Waals surface area contributed by atoms with Crippen LogP contribution in [0.5, 0.6) is 0 Å². The topological polar surface area (TPSA) is 3.24 Å². The third kappa shape index (κ3) is 5.36. The Labute approximate surface area is 179 Å². The van der Waals surface area contributed by atoms with Gasteiger partial charge in [0.15, 0.2) is 0 Å². The maximum atomic E-state index is 2.44. The summed E-state index contributed by atoms with van der Waals surface area (Å²) in [5.41, 5.74) is 6.85. The van der Waals surface area contributed by atoms with Crippen LogP contribution in [0.25, 0.3) is 17.2 Å². The smallest absolute Gasteiger partial charge is 0.0429 e. The fourth-order valence-corrected chi connectivity index (χ4v) is 3.77. The molecule has 0 aliphatic carbocycles. The second-order valence-corrected chi connectivity index (χ2v) is 7.36.